The summed E-state index contributed by atoms with van der Waals surface area (Å²) in [7, 11) is 0. The van der Waals surface area contributed by atoms with Gasteiger partial charge in [-0.25, -0.2) is 0 Å². The molecule has 1 atom stereocenters. The molecule has 0 aliphatic heterocycles. The Hall–Kier alpha value is -1.82. The minimum atomic E-state index is -0.358. The van der Waals surface area contributed by atoms with Gasteiger partial charge in [-0.15, -0.1) is 0 Å². The summed E-state index contributed by atoms with van der Waals surface area (Å²) in [6, 6.07) is 3.85. The summed E-state index contributed by atoms with van der Waals surface area (Å²) in [5.74, 6) is -1.05. The number of nitrogens with two attached hydrogens (primary N) is 1. The van der Waals surface area contributed by atoms with Crippen LogP contribution in [0.25, 0.3) is 0 Å². The average Bonchev–Trinajstić information content (AvgIpc) is 2.28. The molecule has 5 nitrogen and oxygen atoms in total. The summed E-state index contributed by atoms with van der Waals surface area (Å²) in [5.41, 5.74) is 5.67. The molecule has 0 bridgehead atoms. The molecule has 0 saturated heterocycles. The van der Waals surface area contributed by atoms with E-state index < -0.39 is 0 Å². The van der Waals surface area contributed by atoms with Crippen LogP contribution in [0.3, 0.4) is 0 Å². The van der Waals surface area contributed by atoms with Gasteiger partial charge in [-0.1, -0.05) is 19.1 Å². The first-order valence-corrected chi connectivity index (χ1v) is 5.42. The van der Waals surface area contributed by atoms with Gasteiger partial charge >= 0.3 is 0 Å². The molecule has 1 aromatic carbocycles. The molecular weight excluding hydrogens is 240 g/mol. The first-order valence-electron chi connectivity index (χ1n) is 5.01. The van der Waals surface area contributed by atoms with E-state index in [2.05, 4.69) is 5.32 Å². The molecular formula is C11H14N2O3S. The van der Waals surface area contributed by atoms with Crippen LogP contribution in [0.5, 0.6) is 11.5 Å². The van der Waals surface area contributed by atoms with E-state index in [4.69, 9.17) is 23.1 Å². The number of benzene rings is 1. The number of rotatable bonds is 4. The highest BCUT2D eigenvalue weighted by Crippen LogP contribution is 2.24. The zero-order valence-corrected chi connectivity index (χ0v) is 10.1. The molecule has 1 rings (SSSR count). The lowest BCUT2D eigenvalue weighted by Gasteiger charge is -2.11. The number of hydrogen-bond donors (Lipinski definition) is 4. The Morgan fingerprint density at radius 1 is 1.47 bits per heavy atom. The van der Waals surface area contributed by atoms with Crippen LogP contribution >= 0.6 is 12.2 Å². The van der Waals surface area contributed by atoms with Crippen molar-refractivity contribution >= 4 is 23.1 Å². The number of phenolic OH excluding ortho intramolecular Hbond substituents is 2. The van der Waals surface area contributed by atoms with Crippen LogP contribution in [0, 0.1) is 5.92 Å². The molecule has 0 radical (unpaired) electrons. The van der Waals surface area contributed by atoms with Gasteiger partial charge in [-0.2, -0.15) is 0 Å². The van der Waals surface area contributed by atoms with Gasteiger partial charge in [-0.05, 0) is 18.2 Å². The maximum absolute atomic E-state index is 11.6. The van der Waals surface area contributed by atoms with Crippen molar-refractivity contribution < 1.29 is 15.0 Å². The summed E-state index contributed by atoms with van der Waals surface area (Å²) in [5, 5.41) is 21.0. The normalized spacial score (nSPS) is 11.8. The highest BCUT2D eigenvalue weighted by atomic mass is 32.1. The van der Waals surface area contributed by atoms with E-state index in [1.54, 1.807) is 6.92 Å². The Bertz CT molecular complexity index is 448. The van der Waals surface area contributed by atoms with Crippen LogP contribution < -0.4 is 11.1 Å². The van der Waals surface area contributed by atoms with Crippen molar-refractivity contribution in [1.82, 2.24) is 5.32 Å². The second kappa shape index (κ2) is 5.49. The number of aromatic hydroxyl groups is 2. The third-order valence-corrected chi connectivity index (χ3v) is 2.69. The van der Waals surface area contributed by atoms with Crippen LogP contribution in [0.4, 0.5) is 0 Å². The molecule has 92 valence electrons. The van der Waals surface area contributed by atoms with Crippen molar-refractivity contribution in [2.75, 3.05) is 6.54 Å². The second-order valence-electron chi connectivity index (χ2n) is 3.72. The predicted molar refractivity (Wildman–Crippen MR) is 68.1 cm³/mol. The Labute approximate surface area is 104 Å². The highest BCUT2D eigenvalue weighted by molar-refractivity contribution is 7.80. The maximum Gasteiger partial charge on any atom is 0.251 e. The summed E-state index contributed by atoms with van der Waals surface area (Å²) in [4.78, 5) is 12.0. The molecule has 17 heavy (non-hydrogen) atoms. The van der Waals surface area contributed by atoms with Crippen LogP contribution in [0.2, 0.25) is 0 Å². The van der Waals surface area contributed by atoms with E-state index in [9.17, 15) is 9.90 Å². The van der Waals surface area contributed by atoms with Crippen LogP contribution in [-0.4, -0.2) is 27.7 Å². The molecule has 0 aliphatic rings. The van der Waals surface area contributed by atoms with Crippen molar-refractivity contribution in [3.63, 3.8) is 0 Å². The van der Waals surface area contributed by atoms with E-state index in [0.717, 1.165) is 0 Å². The Morgan fingerprint density at radius 3 is 2.65 bits per heavy atom. The van der Waals surface area contributed by atoms with Crippen molar-refractivity contribution in [3.05, 3.63) is 23.8 Å². The zero-order valence-electron chi connectivity index (χ0n) is 9.30. The molecule has 0 aliphatic carbocycles. The minimum Gasteiger partial charge on any atom is -0.504 e. The van der Waals surface area contributed by atoms with E-state index in [1.807, 2.05) is 0 Å². The van der Waals surface area contributed by atoms with Gasteiger partial charge in [0.1, 0.15) is 0 Å². The third kappa shape index (κ3) is 3.60. The quantitative estimate of drug-likeness (QED) is 0.470. The van der Waals surface area contributed by atoms with E-state index in [-0.39, 0.29) is 28.9 Å². The molecule has 1 amide bonds. The lowest BCUT2D eigenvalue weighted by molar-refractivity contribution is 0.0951. The van der Waals surface area contributed by atoms with E-state index >= 15 is 0 Å². The lowest BCUT2D eigenvalue weighted by Crippen LogP contribution is -2.33. The topological polar surface area (TPSA) is 95.6 Å². The summed E-state index contributed by atoms with van der Waals surface area (Å²) in [6.45, 7) is 2.13. The number of carbonyl (C=O) groups is 1. The average molecular weight is 254 g/mol. The lowest BCUT2D eigenvalue weighted by atomic mass is 10.1. The van der Waals surface area contributed by atoms with E-state index in [1.165, 1.54) is 18.2 Å². The van der Waals surface area contributed by atoms with Crippen LogP contribution in [0.1, 0.15) is 17.3 Å². The summed E-state index contributed by atoms with van der Waals surface area (Å²) in [6.07, 6.45) is 0. The third-order valence-electron chi connectivity index (χ3n) is 2.29. The molecule has 1 aromatic rings. The monoisotopic (exact) mass is 254 g/mol. The van der Waals surface area contributed by atoms with Gasteiger partial charge in [0.25, 0.3) is 5.91 Å². The van der Waals surface area contributed by atoms with Crippen LogP contribution in [0.15, 0.2) is 18.2 Å². The van der Waals surface area contributed by atoms with E-state index in [0.29, 0.717) is 11.5 Å². The minimum absolute atomic E-state index is 0.0975. The highest BCUT2D eigenvalue weighted by Gasteiger charge is 2.11. The molecule has 0 aromatic heterocycles. The molecule has 5 N–H and O–H groups in total. The number of thiocarbonyl (C=S) groups is 1. The summed E-state index contributed by atoms with van der Waals surface area (Å²) >= 11 is 4.78. The molecule has 0 spiro atoms. The molecule has 6 heteroatoms. The smallest absolute Gasteiger partial charge is 0.251 e. The van der Waals surface area contributed by atoms with Crippen molar-refractivity contribution in [1.29, 1.82) is 0 Å². The van der Waals surface area contributed by atoms with Gasteiger partial charge < -0.3 is 21.3 Å². The fraction of sp³-hybridized carbons (Fsp3) is 0.273. The fourth-order valence-corrected chi connectivity index (χ4v) is 1.20. The van der Waals surface area contributed by atoms with Gasteiger partial charge in [-0.3, -0.25) is 4.79 Å². The Morgan fingerprint density at radius 2 is 2.12 bits per heavy atom. The second-order valence-corrected chi connectivity index (χ2v) is 4.19. The first-order chi connectivity index (χ1) is 7.91. The van der Waals surface area contributed by atoms with Crippen molar-refractivity contribution in [2.45, 2.75) is 6.92 Å². The van der Waals surface area contributed by atoms with Gasteiger partial charge in [0.2, 0.25) is 0 Å². The first kappa shape index (κ1) is 13.2. The van der Waals surface area contributed by atoms with Crippen molar-refractivity contribution in [2.24, 2.45) is 11.7 Å². The maximum atomic E-state index is 11.6. The number of hydrogen-bond acceptors (Lipinski definition) is 4. The summed E-state index contributed by atoms with van der Waals surface area (Å²) < 4.78 is 0. The number of amides is 1. The fourth-order valence-electron chi connectivity index (χ4n) is 1.11. The molecule has 0 heterocycles. The van der Waals surface area contributed by atoms with Gasteiger partial charge in [0, 0.05) is 18.0 Å². The van der Waals surface area contributed by atoms with Crippen molar-refractivity contribution in [3.8, 4) is 11.5 Å². The number of nitrogens with one attached hydrogen (secondary N) is 1. The number of phenols is 2. The molecule has 0 saturated carbocycles. The Balaban J connectivity index is 2.64. The van der Waals surface area contributed by atoms with Gasteiger partial charge in [0.15, 0.2) is 11.5 Å². The molecule has 0 fully saturated rings. The zero-order chi connectivity index (χ0) is 13.0. The predicted octanol–water partition coefficient (Wildman–Crippen LogP) is 0.750. The largest absolute Gasteiger partial charge is 0.504 e. The SMILES string of the molecule is CC(CNC(=O)c1ccc(O)c(O)c1)C(N)=S. The molecule has 1 unspecified atom stereocenters. The Kier molecular flexibility index (Phi) is 4.28. The van der Waals surface area contributed by atoms with Crippen LogP contribution in [-0.2, 0) is 0 Å². The van der Waals surface area contributed by atoms with Gasteiger partial charge in [0.05, 0.1) is 4.99 Å². The standard InChI is InChI=1S/C11H14N2O3S/c1-6(10(12)17)5-13-11(16)7-2-3-8(14)9(15)4-7/h2-4,6,14-15H,5H2,1H3,(H2,12,17)(H,13,16). The number of carbonyl (C=O) groups excluding carboxylic acids is 1.